The average Bonchev–Trinajstić information content (AvgIpc) is 2.53. The average molecular weight is 396 g/mol. The van der Waals surface area contributed by atoms with Crippen LogP contribution in [0, 0.1) is 5.82 Å². The van der Waals surface area contributed by atoms with Gasteiger partial charge in [-0.3, -0.25) is 4.79 Å². The zero-order chi connectivity index (χ0) is 19.3. The highest BCUT2D eigenvalue weighted by atomic mass is 35.5. The summed E-state index contributed by atoms with van der Waals surface area (Å²) in [6.07, 6.45) is 0.535. The first kappa shape index (κ1) is 20.1. The van der Waals surface area contributed by atoms with Gasteiger partial charge in [-0.25, -0.2) is 4.39 Å². The van der Waals surface area contributed by atoms with Crippen molar-refractivity contribution in [3.05, 3.63) is 63.9 Å². The molecule has 4 nitrogen and oxygen atoms in total. The van der Waals surface area contributed by atoms with E-state index in [2.05, 4.69) is 0 Å². The van der Waals surface area contributed by atoms with Crippen LogP contribution in [-0.2, 0) is 9.59 Å². The third-order valence-electron chi connectivity index (χ3n) is 3.51. The van der Waals surface area contributed by atoms with Gasteiger partial charge in [0.1, 0.15) is 11.6 Å². The maximum Gasteiger partial charge on any atom is 0.141 e. The van der Waals surface area contributed by atoms with Gasteiger partial charge in [0.2, 0.25) is 0 Å². The topological polar surface area (TPSA) is 77.4 Å². The Morgan fingerprint density at radius 3 is 2.46 bits per heavy atom. The Hall–Kier alpha value is -2.21. The molecule has 0 bridgehead atoms. The molecule has 0 saturated heterocycles. The third kappa shape index (κ3) is 5.66. The standard InChI is InChI=1S/C19H15Cl2FO4/c20-12-7-17(11-1-3-13(22)4-2-11)16(18(21)8-12)6-5-14(23)9-15(24)10-19(25)26/h1-8,14,23H,9-10H2,(H,25,26)/p-1/b6-5+. The second-order valence-corrected chi connectivity index (χ2v) is 6.42. The second kappa shape index (κ2) is 8.94. The Morgan fingerprint density at radius 2 is 1.85 bits per heavy atom. The number of carboxylic acids is 1. The van der Waals surface area contributed by atoms with Gasteiger partial charge in [-0.05, 0) is 35.4 Å². The van der Waals surface area contributed by atoms with Crippen LogP contribution in [0.3, 0.4) is 0 Å². The molecule has 0 aliphatic rings. The number of aliphatic hydroxyl groups is 1. The molecule has 0 spiro atoms. The minimum Gasteiger partial charge on any atom is -0.550 e. The molecular weight excluding hydrogens is 382 g/mol. The molecule has 0 aliphatic heterocycles. The molecule has 2 aromatic carbocycles. The predicted molar refractivity (Wildman–Crippen MR) is 96.1 cm³/mol. The van der Waals surface area contributed by atoms with Gasteiger partial charge in [-0.1, -0.05) is 47.5 Å². The Balaban J connectivity index is 2.29. The van der Waals surface area contributed by atoms with Crippen molar-refractivity contribution in [3.8, 4) is 11.1 Å². The number of rotatable bonds is 7. The smallest absolute Gasteiger partial charge is 0.141 e. The van der Waals surface area contributed by atoms with Crippen molar-refractivity contribution in [2.75, 3.05) is 0 Å². The van der Waals surface area contributed by atoms with Gasteiger partial charge >= 0.3 is 0 Å². The van der Waals surface area contributed by atoms with Crippen molar-refractivity contribution in [1.82, 2.24) is 0 Å². The molecule has 2 aromatic rings. The van der Waals surface area contributed by atoms with Crippen LogP contribution in [0.5, 0.6) is 0 Å². The SMILES string of the molecule is O=C([O-])CC(=O)CC(O)/C=C/c1c(Cl)cc(Cl)cc1-c1ccc(F)cc1. The van der Waals surface area contributed by atoms with Gasteiger partial charge in [0.25, 0.3) is 0 Å². The van der Waals surface area contributed by atoms with E-state index < -0.39 is 24.3 Å². The third-order valence-corrected chi connectivity index (χ3v) is 4.04. The van der Waals surface area contributed by atoms with E-state index in [-0.39, 0.29) is 12.2 Å². The lowest BCUT2D eigenvalue weighted by molar-refractivity contribution is -0.304. The van der Waals surface area contributed by atoms with Crippen LogP contribution in [0.2, 0.25) is 10.0 Å². The minimum absolute atomic E-state index is 0.307. The summed E-state index contributed by atoms with van der Waals surface area (Å²) in [5, 5.41) is 21.0. The Bertz CT molecular complexity index is 847. The summed E-state index contributed by atoms with van der Waals surface area (Å²) in [6, 6.07) is 8.89. The molecule has 0 radical (unpaired) electrons. The van der Waals surface area contributed by atoms with Gasteiger partial charge in [0.05, 0.1) is 6.10 Å². The number of hydrogen-bond donors (Lipinski definition) is 1. The van der Waals surface area contributed by atoms with E-state index >= 15 is 0 Å². The number of benzene rings is 2. The molecule has 0 amide bonds. The number of Topliss-reactive ketones (excluding diaryl/α,β-unsaturated/α-hetero) is 1. The summed E-state index contributed by atoms with van der Waals surface area (Å²) >= 11 is 12.3. The van der Waals surface area contributed by atoms with Crippen LogP contribution < -0.4 is 5.11 Å². The predicted octanol–water partition coefficient (Wildman–Crippen LogP) is 3.27. The summed E-state index contributed by atoms with van der Waals surface area (Å²) in [6.45, 7) is 0. The van der Waals surface area contributed by atoms with Crippen LogP contribution in [-0.4, -0.2) is 23.0 Å². The number of aliphatic hydroxyl groups excluding tert-OH is 1. The first-order chi connectivity index (χ1) is 12.3. The first-order valence-electron chi connectivity index (χ1n) is 7.59. The lowest BCUT2D eigenvalue weighted by atomic mass is 9.98. The summed E-state index contributed by atoms with van der Waals surface area (Å²) in [7, 11) is 0. The fourth-order valence-electron chi connectivity index (χ4n) is 2.36. The zero-order valence-corrected chi connectivity index (χ0v) is 14.9. The van der Waals surface area contributed by atoms with E-state index in [0.29, 0.717) is 26.7 Å². The molecule has 1 N–H and O–H groups in total. The lowest BCUT2D eigenvalue weighted by Gasteiger charge is -2.11. The number of carbonyl (C=O) groups is 2. The Morgan fingerprint density at radius 1 is 1.19 bits per heavy atom. The summed E-state index contributed by atoms with van der Waals surface area (Å²) in [5.74, 6) is -2.53. The van der Waals surface area contributed by atoms with Crippen LogP contribution >= 0.6 is 23.2 Å². The highest BCUT2D eigenvalue weighted by Crippen LogP contribution is 2.34. The molecule has 2 rings (SSSR count). The van der Waals surface area contributed by atoms with Gasteiger partial charge in [-0.2, -0.15) is 0 Å². The van der Waals surface area contributed by atoms with E-state index in [1.807, 2.05) is 0 Å². The maximum atomic E-state index is 13.1. The van der Waals surface area contributed by atoms with Crippen molar-refractivity contribution in [3.63, 3.8) is 0 Å². The van der Waals surface area contributed by atoms with Gasteiger partial charge in [-0.15, -0.1) is 0 Å². The summed E-state index contributed by atoms with van der Waals surface area (Å²) in [4.78, 5) is 21.8. The first-order valence-corrected chi connectivity index (χ1v) is 8.34. The van der Waals surface area contributed by atoms with Crippen LogP contribution in [0.4, 0.5) is 4.39 Å². The van der Waals surface area contributed by atoms with Crippen molar-refractivity contribution in [2.24, 2.45) is 0 Å². The lowest BCUT2D eigenvalue weighted by Crippen LogP contribution is -2.26. The molecule has 0 fully saturated rings. The molecule has 136 valence electrons. The van der Waals surface area contributed by atoms with Gasteiger partial charge < -0.3 is 15.0 Å². The van der Waals surface area contributed by atoms with Gasteiger partial charge in [0.15, 0.2) is 0 Å². The molecule has 0 heterocycles. The van der Waals surface area contributed by atoms with E-state index in [1.165, 1.54) is 30.4 Å². The Labute approximate surface area is 159 Å². The largest absolute Gasteiger partial charge is 0.550 e. The fourth-order valence-corrected chi connectivity index (χ4v) is 2.92. The number of halogens is 3. The molecule has 7 heteroatoms. The highest BCUT2D eigenvalue weighted by Gasteiger charge is 2.12. The second-order valence-electron chi connectivity index (χ2n) is 5.57. The zero-order valence-electron chi connectivity index (χ0n) is 13.4. The Kier molecular flexibility index (Phi) is 6.91. The van der Waals surface area contributed by atoms with Crippen LogP contribution in [0.25, 0.3) is 17.2 Å². The monoisotopic (exact) mass is 395 g/mol. The van der Waals surface area contributed by atoms with Crippen molar-refractivity contribution in [1.29, 1.82) is 0 Å². The number of carboxylic acid groups (broad SMARTS) is 1. The fraction of sp³-hybridized carbons (Fsp3) is 0.158. The van der Waals surface area contributed by atoms with E-state index in [4.69, 9.17) is 23.2 Å². The molecule has 1 unspecified atom stereocenters. The molecule has 26 heavy (non-hydrogen) atoms. The molecule has 0 aliphatic carbocycles. The van der Waals surface area contributed by atoms with E-state index in [9.17, 15) is 24.2 Å². The van der Waals surface area contributed by atoms with Crippen molar-refractivity contribution in [2.45, 2.75) is 18.9 Å². The van der Waals surface area contributed by atoms with Gasteiger partial charge in [0, 0.05) is 34.4 Å². The quantitative estimate of drug-likeness (QED) is 0.729. The number of carbonyl (C=O) groups excluding carboxylic acids is 2. The van der Waals surface area contributed by atoms with E-state index in [0.717, 1.165) is 0 Å². The number of aliphatic carboxylic acids is 1. The number of hydrogen-bond acceptors (Lipinski definition) is 4. The molecule has 0 aromatic heterocycles. The van der Waals surface area contributed by atoms with Crippen LogP contribution in [0.15, 0.2) is 42.5 Å². The number of ketones is 1. The van der Waals surface area contributed by atoms with Crippen LogP contribution in [0.1, 0.15) is 18.4 Å². The van der Waals surface area contributed by atoms with Crippen molar-refractivity contribution >= 4 is 41.0 Å². The summed E-state index contributed by atoms with van der Waals surface area (Å²) in [5.41, 5.74) is 1.80. The normalized spacial score (nSPS) is 12.3. The maximum absolute atomic E-state index is 13.1. The summed E-state index contributed by atoms with van der Waals surface area (Å²) < 4.78 is 13.1. The molecular formula is C19H14Cl2FO4-. The van der Waals surface area contributed by atoms with E-state index in [1.54, 1.807) is 18.2 Å². The molecule has 0 saturated carbocycles. The molecule has 1 atom stereocenters. The highest BCUT2D eigenvalue weighted by molar-refractivity contribution is 6.36. The van der Waals surface area contributed by atoms with Crippen molar-refractivity contribution < 1.29 is 24.2 Å². The minimum atomic E-state index is -1.49.